The number of thiazole rings is 1. The van der Waals surface area contributed by atoms with Gasteiger partial charge in [-0.05, 0) is 43.7 Å². The molecule has 0 saturated heterocycles. The maximum absolute atomic E-state index is 12.1. The van der Waals surface area contributed by atoms with Crippen LogP contribution in [-0.2, 0) is 17.6 Å². The van der Waals surface area contributed by atoms with Crippen molar-refractivity contribution >= 4 is 39.6 Å². The summed E-state index contributed by atoms with van der Waals surface area (Å²) in [7, 11) is 0. The molecule has 5 nitrogen and oxygen atoms in total. The first kappa shape index (κ1) is 14.8. The largest absolute Gasteiger partial charge is 0.342 e. The van der Waals surface area contributed by atoms with Crippen LogP contribution in [-0.4, -0.2) is 23.3 Å². The van der Waals surface area contributed by atoms with Crippen LogP contribution in [0.15, 0.2) is 11.4 Å². The van der Waals surface area contributed by atoms with Gasteiger partial charge in [-0.3, -0.25) is 9.59 Å². The Morgan fingerprint density at radius 1 is 1.30 bits per heavy atom. The maximum Gasteiger partial charge on any atom is 0.261 e. The average molecular weight is 347 g/mol. The van der Waals surface area contributed by atoms with E-state index in [2.05, 4.69) is 15.6 Å². The highest BCUT2D eigenvalue weighted by Gasteiger charge is 2.26. The van der Waals surface area contributed by atoms with Crippen LogP contribution in [0, 0.1) is 0 Å². The van der Waals surface area contributed by atoms with E-state index in [4.69, 9.17) is 0 Å². The second kappa shape index (κ2) is 6.05. The van der Waals surface area contributed by atoms with E-state index in [0.717, 1.165) is 18.5 Å². The average Bonchev–Trinajstić information content (AvgIpc) is 2.94. The lowest BCUT2D eigenvalue weighted by atomic mass is 10.2. The first-order chi connectivity index (χ1) is 11.2. The van der Waals surface area contributed by atoms with Gasteiger partial charge in [0, 0.05) is 16.2 Å². The van der Waals surface area contributed by atoms with Crippen molar-refractivity contribution in [1.29, 1.82) is 0 Å². The van der Waals surface area contributed by atoms with Crippen molar-refractivity contribution in [3.63, 3.8) is 0 Å². The summed E-state index contributed by atoms with van der Waals surface area (Å²) >= 11 is 2.98. The van der Waals surface area contributed by atoms with Gasteiger partial charge in [0.2, 0.25) is 5.91 Å². The highest BCUT2D eigenvalue weighted by molar-refractivity contribution is 7.14. The van der Waals surface area contributed by atoms with Gasteiger partial charge in [0.15, 0.2) is 5.13 Å². The molecular formula is C16H17N3O2S2. The number of hydrogen-bond acceptors (Lipinski definition) is 5. The predicted molar refractivity (Wildman–Crippen MR) is 91.4 cm³/mol. The number of aromatic nitrogens is 1. The van der Waals surface area contributed by atoms with E-state index in [-0.39, 0.29) is 18.4 Å². The molecule has 0 bridgehead atoms. The van der Waals surface area contributed by atoms with Crippen LogP contribution in [0.2, 0.25) is 0 Å². The third kappa shape index (κ3) is 3.30. The fraction of sp³-hybridized carbons (Fsp3) is 0.438. The predicted octanol–water partition coefficient (Wildman–Crippen LogP) is 2.94. The second-order valence-electron chi connectivity index (χ2n) is 6.00. The topological polar surface area (TPSA) is 71.1 Å². The molecule has 0 aliphatic heterocycles. The number of fused-ring (bicyclic) bond motifs is 1. The van der Waals surface area contributed by atoms with Crippen molar-refractivity contribution in [2.45, 2.75) is 38.0 Å². The third-order valence-corrected chi connectivity index (χ3v) is 6.16. The fourth-order valence-electron chi connectivity index (χ4n) is 2.76. The molecule has 2 aliphatic carbocycles. The molecule has 2 aromatic heterocycles. The summed E-state index contributed by atoms with van der Waals surface area (Å²) in [6.45, 7) is -0.0280. The minimum absolute atomic E-state index is 0.0280. The summed E-state index contributed by atoms with van der Waals surface area (Å²) in [5.41, 5.74) is 2.36. The highest BCUT2D eigenvalue weighted by atomic mass is 32.1. The minimum Gasteiger partial charge on any atom is -0.342 e. The van der Waals surface area contributed by atoms with Crippen molar-refractivity contribution in [2.24, 2.45) is 0 Å². The van der Waals surface area contributed by atoms with Gasteiger partial charge >= 0.3 is 0 Å². The number of hydrogen-bond donors (Lipinski definition) is 2. The van der Waals surface area contributed by atoms with Gasteiger partial charge in [-0.1, -0.05) is 0 Å². The van der Waals surface area contributed by atoms with Crippen LogP contribution in [0.5, 0.6) is 0 Å². The van der Waals surface area contributed by atoms with E-state index < -0.39 is 0 Å². The smallest absolute Gasteiger partial charge is 0.261 e. The van der Waals surface area contributed by atoms with Crippen molar-refractivity contribution < 1.29 is 9.59 Å². The van der Waals surface area contributed by atoms with Gasteiger partial charge in [0.25, 0.3) is 5.91 Å². The molecule has 0 spiro atoms. The summed E-state index contributed by atoms with van der Waals surface area (Å²) in [6, 6.07) is 1.96. The molecule has 2 N–H and O–H groups in total. The lowest BCUT2D eigenvalue weighted by Crippen LogP contribution is -2.32. The Balaban J connectivity index is 1.29. The minimum atomic E-state index is -0.237. The van der Waals surface area contributed by atoms with Gasteiger partial charge in [-0.25, -0.2) is 4.98 Å². The SMILES string of the molecule is O=C(CNC(=O)c1cc2c(s1)CCC2)Nc1nc(C2CC2)cs1. The van der Waals surface area contributed by atoms with Crippen molar-refractivity contribution in [1.82, 2.24) is 10.3 Å². The Labute approximate surface area is 142 Å². The molecule has 1 saturated carbocycles. The molecule has 23 heavy (non-hydrogen) atoms. The molecule has 7 heteroatoms. The van der Waals surface area contributed by atoms with Crippen LogP contribution in [0.25, 0.3) is 0 Å². The summed E-state index contributed by atoms with van der Waals surface area (Å²) < 4.78 is 0. The Morgan fingerprint density at radius 2 is 2.17 bits per heavy atom. The van der Waals surface area contributed by atoms with E-state index in [1.54, 1.807) is 11.3 Å². The number of anilines is 1. The van der Waals surface area contributed by atoms with Crippen LogP contribution in [0.4, 0.5) is 5.13 Å². The molecule has 2 aliphatic rings. The molecule has 2 aromatic rings. The Kier molecular flexibility index (Phi) is 3.90. The van der Waals surface area contributed by atoms with Gasteiger partial charge < -0.3 is 10.6 Å². The Bertz CT molecular complexity index is 740. The zero-order valence-corrected chi connectivity index (χ0v) is 14.2. The van der Waals surface area contributed by atoms with Crippen molar-refractivity contribution in [2.75, 3.05) is 11.9 Å². The Hall–Kier alpha value is -1.73. The van der Waals surface area contributed by atoms with Crippen LogP contribution < -0.4 is 10.6 Å². The molecule has 4 rings (SSSR count). The number of rotatable bonds is 5. The lowest BCUT2D eigenvalue weighted by Gasteiger charge is -2.03. The second-order valence-corrected chi connectivity index (χ2v) is 7.99. The molecular weight excluding hydrogens is 330 g/mol. The first-order valence-corrected chi connectivity index (χ1v) is 9.54. The van der Waals surface area contributed by atoms with E-state index in [9.17, 15) is 9.59 Å². The van der Waals surface area contributed by atoms with E-state index >= 15 is 0 Å². The summed E-state index contributed by atoms with van der Waals surface area (Å²) in [5.74, 6) is 0.175. The lowest BCUT2D eigenvalue weighted by molar-refractivity contribution is -0.115. The van der Waals surface area contributed by atoms with Crippen molar-refractivity contribution in [3.05, 3.63) is 32.5 Å². The number of nitrogens with zero attached hydrogens (tertiary/aromatic N) is 1. The maximum atomic E-state index is 12.1. The standard InChI is InChI=1S/C16H17N3O2S2/c20-14(19-16-18-11(8-22-16)9-4-5-9)7-17-15(21)13-6-10-2-1-3-12(10)23-13/h6,8-9H,1-5,7H2,(H,17,21)(H,18,19,20). The number of amides is 2. The van der Waals surface area contributed by atoms with Crippen LogP contribution >= 0.6 is 22.7 Å². The molecule has 0 aromatic carbocycles. The first-order valence-electron chi connectivity index (χ1n) is 7.84. The monoisotopic (exact) mass is 347 g/mol. The Morgan fingerprint density at radius 3 is 2.96 bits per heavy atom. The molecule has 0 radical (unpaired) electrons. The summed E-state index contributed by atoms with van der Waals surface area (Å²) in [6.07, 6.45) is 5.70. The number of nitrogens with one attached hydrogen (secondary N) is 2. The third-order valence-electron chi connectivity index (χ3n) is 4.14. The quantitative estimate of drug-likeness (QED) is 0.873. The zero-order valence-electron chi connectivity index (χ0n) is 12.6. The van der Waals surface area contributed by atoms with Gasteiger partial charge in [-0.2, -0.15) is 0 Å². The van der Waals surface area contributed by atoms with E-state index in [1.165, 1.54) is 41.0 Å². The van der Waals surface area contributed by atoms with E-state index in [1.807, 2.05) is 11.4 Å². The number of carbonyl (C=O) groups is 2. The number of thiophene rings is 1. The van der Waals surface area contributed by atoms with Gasteiger partial charge in [0.05, 0.1) is 17.1 Å². The summed E-state index contributed by atoms with van der Waals surface area (Å²) in [5, 5.41) is 8.05. The summed E-state index contributed by atoms with van der Waals surface area (Å²) in [4.78, 5) is 30.5. The van der Waals surface area contributed by atoms with Gasteiger partial charge in [-0.15, -0.1) is 22.7 Å². The van der Waals surface area contributed by atoms with Crippen LogP contribution in [0.3, 0.4) is 0 Å². The zero-order chi connectivity index (χ0) is 15.8. The molecule has 0 unspecified atom stereocenters. The fourth-order valence-corrected chi connectivity index (χ4v) is 4.74. The number of aryl methyl sites for hydroxylation is 2. The molecule has 0 atom stereocenters. The van der Waals surface area contributed by atoms with Gasteiger partial charge in [0.1, 0.15) is 0 Å². The normalized spacial score (nSPS) is 16.2. The molecule has 1 fully saturated rings. The van der Waals surface area contributed by atoms with Crippen molar-refractivity contribution in [3.8, 4) is 0 Å². The molecule has 2 heterocycles. The molecule has 2 amide bonds. The number of carbonyl (C=O) groups excluding carboxylic acids is 2. The highest BCUT2D eigenvalue weighted by Crippen LogP contribution is 2.40. The van der Waals surface area contributed by atoms with Crippen LogP contribution in [0.1, 0.15) is 51.0 Å². The molecule has 120 valence electrons. The van der Waals surface area contributed by atoms with E-state index in [0.29, 0.717) is 15.9 Å².